The van der Waals surface area contributed by atoms with Gasteiger partial charge in [0.25, 0.3) is 0 Å². The number of piperidine rings is 1. The predicted octanol–water partition coefficient (Wildman–Crippen LogP) is 1.33. The Labute approximate surface area is 126 Å². The fraction of sp³-hybridized carbons (Fsp3) is 0.667. The summed E-state index contributed by atoms with van der Waals surface area (Å²) in [4.78, 5) is 13.9. The summed E-state index contributed by atoms with van der Waals surface area (Å²) in [6, 6.07) is 1.91. The average Bonchev–Trinajstić information content (AvgIpc) is 2.89. The van der Waals surface area contributed by atoms with E-state index in [0.29, 0.717) is 6.54 Å². The first kappa shape index (κ1) is 18.2. The number of hydrogen-bond donors (Lipinski definition) is 1. The molecule has 1 fully saturated rings. The van der Waals surface area contributed by atoms with Crippen molar-refractivity contribution in [1.29, 1.82) is 0 Å². The Balaban J connectivity index is 0.00000162. The lowest BCUT2D eigenvalue weighted by Gasteiger charge is -2.27. The van der Waals surface area contributed by atoms with Crippen LogP contribution in [-0.2, 0) is 11.3 Å². The van der Waals surface area contributed by atoms with Crippen molar-refractivity contribution in [2.24, 2.45) is 0 Å². The number of likely N-dealkylation sites (N-methyl/N-ethyl adjacent to an activating group) is 1. The smallest absolute Gasteiger partial charge is 0.239 e. The van der Waals surface area contributed by atoms with Gasteiger partial charge >= 0.3 is 0 Å². The van der Waals surface area contributed by atoms with Crippen molar-refractivity contribution in [3.8, 4) is 0 Å². The molecule has 0 radical (unpaired) electrons. The molecule has 0 saturated carbocycles. The van der Waals surface area contributed by atoms with Crippen molar-refractivity contribution < 1.29 is 4.79 Å². The second-order valence-electron chi connectivity index (χ2n) is 4.53. The second-order valence-corrected chi connectivity index (χ2v) is 4.53. The van der Waals surface area contributed by atoms with Crippen LogP contribution < -0.4 is 5.32 Å². The van der Waals surface area contributed by atoms with Gasteiger partial charge in [-0.1, -0.05) is 6.42 Å². The molecule has 1 aliphatic rings. The highest BCUT2D eigenvalue weighted by Gasteiger charge is 2.23. The number of carbonyl (C=O) groups is 1. The van der Waals surface area contributed by atoms with Gasteiger partial charge in [0.2, 0.25) is 5.91 Å². The summed E-state index contributed by atoms with van der Waals surface area (Å²) in [5.74, 6) is 0.205. The van der Waals surface area contributed by atoms with E-state index in [-0.39, 0.29) is 36.8 Å². The quantitative estimate of drug-likeness (QED) is 0.913. The van der Waals surface area contributed by atoms with Crippen LogP contribution in [0, 0.1) is 0 Å². The molecule has 2 heterocycles. The van der Waals surface area contributed by atoms with Crippen molar-refractivity contribution in [2.45, 2.75) is 31.8 Å². The lowest BCUT2D eigenvalue weighted by Crippen LogP contribution is -2.47. The fourth-order valence-electron chi connectivity index (χ4n) is 2.12. The van der Waals surface area contributed by atoms with E-state index in [4.69, 9.17) is 0 Å². The number of hydrogen-bond acceptors (Lipinski definition) is 3. The van der Waals surface area contributed by atoms with Crippen LogP contribution in [0.15, 0.2) is 18.5 Å². The summed E-state index contributed by atoms with van der Waals surface area (Å²) in [7, 11) is 1.86. The minimum absolute atomic E-state index is 0. The average molecular weight is 309 g/mol. The Hall–Kier alpha value is -0.780. The Morgan fingerprint density at radius 2 is 2.26 bits per heavy atom. The Bertz CT molecular complexity index is 353. The topological polar surface area (TPSA) is 50.2 Å². The third-order valence-corrected chi connectivity index (χ3v) is 3.21. The summed E-state index contributed by atoms with van der Waals surface area (Å²) in [5.41, 5.74) is 0. The van der Waals surface area contributed by atoms with E-state index in [1.807, 2.05) is 24.0 Å². The maximum Gasteiger partial charge on any atom is 0.239 e. The van der Waals surface area contributed by atoms with Crippen molar-refractivity contribution in [3.63, 3.8) is 0 Å². The first-order valence-electron chi connectivity index (χ1n) is 6.23. The zero-order chi connectivity index (χ0) is 12.1. The molecule has 0 unspecified atom stereocenters. The third-order valence-electron chi connectivity index (χ3n) is 3.21. The zero-order valence-electron chi connectivity index (χ0n) is 11.1. The van der Waals surface area contributed by atoms with Crippen LogP contribution in [0.1, 0.15) is 19.3 Å². The molecule has 0 aromatic carbocycles. The summed E-state index contributed by atoms with van der Waals surface area (Å²) in [6.45, 7) is 2.42. The standard InChI is InChI=1S/C12H20N4O.2ClH/c1-15(9-10-16-8-4-7-14-16)12(17)11-5-2-3-6-13-11;;/h4,7-8,11,13H,2-3,5-6,9-10H2,1H3;2*1H/t11-;;/m1../s1. The predicted molar refractivity (Wildman–Crippen MR) is 80.0 cm³/mol. The lowest BCUT2D eigenvalue weighted by atomic mass is 10.0. The van der Waals surface area contributed by atoms with Crippen molar-refractivity contribution in [2.75, 3.05) is 20.1 Å². The molecule has 1 N–H and O–H groups in total. The van der Waals surface area contributed by atoms with Gasteiger partial charge in [0, 0.05) is 26.0 Å². The van der Waals surface area contributed by atoms with Gasteiger partial charge < -0.3 is 10.2 Å². The van der Waals surface area contributed by atoms with Crippen molar-refractivity contribution in [3.05, 3.63) is 18.5 Å². The van der Waals surface area contributed by atoms with E-state index in [1.165, 1.54) is 6.42 Å². The van der Waals surface area contributed by atoms with E-state index in [0.717, 1.165) is 25.9 Å². The molecule has 0 aliphatic carbocycles. The number of amides is 1. The fourth-order valence-corrected chi connectivity index (χ4v) is 2.12. The molecule has 2 rings (SSSR count). The van der Waals surface area contributed by atoms with Gasteiger partial charge in [-0.05, 0) is 25.5 Å². The first-order chi connectivity index (χ1) is 8.27. The molecule has 1 aromatic heterocycles. The van der Waals surface area contributed by atoms with Gasteiger partial charge in [-0.2, -0.15) is 5.10 Å². The minimum Gasteiger partial charge on any atom is -0.343 e. The summed E-state index contributed by atoms with van der Waals surface area (Å²) in [6.07, 6.45) is 6.96. The van der Waals surface area contributed by atoms with E-state index in [1.54, 1.807) is 11.1 Å². The first-order valence-corrected chi connectivity index (χ1v) is 6.23. The largest absolute Gasteiger partial charge is 0.343 e. The third kappa shape index (κ3) is 5.38. The zero-order valence-corrected chi connectivity index (χ0v) is 12.8. The number of halogens is 2. The molecular weight excluding hydrogens is 287 g/mol. The molecule has 1 aromatic rings. The van der Waals surface area contributed by atoms with Gasteiger partial charge in [-0.25, -0.2) is 0 Å². The Morgan fingerprint density at radius 1 is 1.47 bits per heavy atom. The van der Waals surface area contributed by atoms with Crippen molar-refractivity contribution in [1.82, 2.24) is 20.0 Å². The van der Waals surface area contributed by atoms with E-state index >= 15 is 0 Å². The second kappa shape index (κ2) is 9.18. The lowest BCUT2D eigenvalue weighted by molar-refractivity contribution is -0.132. The molecule has 1 saturated heterocycles. The van der Waals surface area contributed by atoms with Crippen LogP contribution >= 0.6 is 24.8 Å². The molecule has 0 spiro atoms. The highest BCUT2D eigenvalue weighted by Crippen LogP contribution is 2.09. The van der Waals surface area contributed by atoms with Crippen LogP contribution in [0.3, 0.4) is 0 Å². The molecule has 7 heteroatoms. The summed E-state index contributed by atoms with van der Waals surface area (Å²) in [5, 5.41) is 7.40. The minimum atomic E-state index is 0. The number of nitrogens with zero attached hydrogens (tertiary/aromatic N) is 3. The Kier molecular flexibility index (Phi) is 8.80. The molecule has 1 amide bonds. The van der Waals surface area contributed by atoms with Crippen LogP contribution in [-0.4, -0.2) is 46.8 Å². The van der Waals surface area contributed by atoms with E-state index in [2.05, 4.69) is 10.4 Å². The van der Waals surface area contributed by atoms with Gasteiger partial charge in [-0.15, -0.1) is 24.8 Å². The number of aromatic nitrogens is 2. The van der Waals surface area contributed by atoms with E-state index < -0.39 is 0 Å². The van der Waals surface area contributed by atoms with Gasteiger partial charge in [0.1, 0.15) is 0 Å². The monoisotopic (exact) mass is 308 g/mol. The molecule has 19 heavy (non-hydrogen) atoms. The maximum atomic E-state index is 12.1. The van der Waals surface area contributed by atoms with Crippen LogP contribution in [0.2, 0.25) is 0 Å². The SMILES string of the molecule is CN(CCn1cccn1)C(=O)[C@H]1CCCCN1.Cl.Cl. The molecule has 110 valence electrons. The maximum absolute atomic E-state index is 12.1. The van der Waals surface area contributed by atoms with Gasteiger partial charge in [-0.3, -0.25) is 9.48 Å². The van der Waals surface area contributed by atoms with Crippen molar-refractivity contribution >= 4 is 30.7 Å². The van der Waals surface area contributed by atoms with Crippen LogP contribution in [0.5, 0.6) is 0 Å². The Morgan fingerprint density at radius 3 is 2.84 bits per heavy atom. The summed E-state index contributed by atoms with van der Waals surface area (Å²) < 4.78 is 1.85. The molecule has 1 atom stereocenters. The van der Waals surface area contributed by atoms with Gasteiger partial charge in [0.15, 0.2) is 0 Å². The number of rotatable bonds is 4. The number of carbonyl (C=O) groups excluding carboxylic acids is 1. The highest BCUT2D eigenvalue weighted by atomic mass is 35.5. The molecule has 1 aliphatic heterocycles. The molecular formula is C12H22Cl2N4O. The van der Waals surface area contributed by atoms with Crippen LogP contribution in [0.25, 0.3) is 0 Å². The van der Waals surface area contributed by atoms with Crippen LogP contribution in [0.4, 0.5) is 0 Å². The highest BCUT2D eigenvalue weighted by molar-refractivity contribution is 5.85. The molecule has 5 nitrogen and oxygen atoms in total. The summed E-state index contributed by atoms with van der Waals surface area (Å²) >= 11 is 0. The van der Waals surface area contributed by atoms with Gasteiger partial charge in [0.05, 0.1) is 12.6 Å². The number of nitrogens with one attached hydrogen (secondary N) is 1. The normalized spacial score (nSPS) is 18.1. The van der Waals surface area contributed by atoms with E-state index in [9.17, 15) is 4.79 Å². The molecule has 0 bridgehead atoms.